The zero-order chi connectivity index (χ0) is 13.1. The van der Waals surface area contributed by atoms with E-state index in [1.165, 1.54) is 12.1 Å². The third kappa shape index (κ3) is 38.5. The molecule has 1 aromatic carbocycles. The molecule has 0 unspecified atom stereocenters. The quantitative estimate of drug-likeness (QED) is 0.376. The van der Waals surface area contributed by atoms with E-state index >= 15 is 0 Å². The van der Waals surface area contributed by atoms with Crippen molar-refractivity contribution >= 4 is 11.9 Å². The van der Waals surface area contributed by atoms with Crippen LogP contribution in [0.2, 0.25) is 0 Å². The number of aliphatic carboxylic acids is 2. The number of benzene rings is 1. The predicted molar refractivity (Wildman–Crippen MR) is 58.4 cm³/mol. The molecule has 108 valence electrons. The van der Waals surface area contributed by atoms with Crippen molar-refractivity contribution in [1.82, 2.24) is 0 Å². The number of carboxylic acids is 2. The molecule has 8 nitrogen and oxygen atoms in total. The van der Waals surface area contributed by atoms with Crippen LogP contribution in [0.25, 0.3) is 0 Å². The summed E-state index contributed by atoms with van der Waals surface area (Å²) < 4.78 is 0. The third-order valence-electron chi connectivity index (χ3n) is 0.882. The number of hydrogen-bond acceptors (Lipinski definition) is 6. The molecule has 6 N–H and O–H groups in total. The Bertz CT molecular complexity index is 301. The maximum absolute atomic E-state index is 8.89. The second kappa shape index (κ2) is 18.7. The van der Waals surface area contributed by atoms with Crippen LogP contribution in [0.3, 0.4) is 0 Å². The van der Waals surface area contributed by atoms with Gasteiger partial charge in [-0.1, -0.05) is 12.1 Å². The van der Waals surface area contributed by atoms with Gasteiger partial charge in [-0.15, -0.1) is 0 Å². The fourth-order valence-electron chi connectivity index (χ4n) is 0.464. The molecule has 0 radical (unpaired) electrons. The molecular weight excluding hydrogens is 313 g/mol. The summed E-state index contributed by atoms with van der Waals surface area (Å²) in [6.07, 6.45) is 0. The first-order valence-corrected chi connectivity index (χ1v) is 4.09. The fraction of sp³-hybridized carbons (Fsp3) is 0.200. The Labute approximate surface area is 122 Å². The minimum Gasteiger partial charge on any atom is -0.550 e. The van der Waals surface area contributed by atoms with Gasteiger partial charge >= 0.3 is 0 Å². The summed E-state index contributed by atoms with van der Waals surface area (Å²) in [5, 5.41) is 35.1. The standard InChI is InChI=1S/C6H6O2.2C2H4O2.2H2O.Zn/c7-5-3-1-2-4-6(5)8;2*1-2(3)4;;;/h1-4,7-8H;2*1H3,(H,3,4);2*1H2;/p-2. The summed E-state index contributed by atoms with van der Waals surface area (Å²) in [5.41, 5.74) is 0. The summed E-state index contributed by atoms with van der Waals surface area (Å²) in [6.45, 7) is 1.94. The number of aromatic hydroxyl groups is 2. The number of rotatable bonds is 0. The number of hydrogen-bond donors (Lipinski definition) is 2. The SMILES string of the molecule is CC(=O)[O-].CC(=O)[O-].O.O.Oc1ccccc1O.[Zn]. The van der Waals surface area contributed by atoms with Gasteiger partial charge in [-0.2, -0.15) is 0 Å². The average Bonchev–Trinajstić information content (AvgIpc) is 2.08. The zero-order valence-electron chi connectivity index (χ0n) is 10.5. The second-order valence-electron chi connectivity index (χ2n) is 2.47. The Balaban J connectivity index is -0.0000000526. The summed E-state index contributed by atoms with van der Waals surface area (Å²) in [7, 11) is 0. The molecule has 1 aromatic rings. The topological polar surface area (TPSA) is 184 Å². The van der Waals surface area contributed by atoms with E-state index in [-0.39, 0.29) is 41.9 Å². The summed E-state index contributed by atoms with van der Waals surface area (Å²) in [4.78, 5) is 17.8. The van der Waals surface area contributed by atoms with Crippen molar-refractivity contribution < 1.29 is 60.4 Å². The van der Waals surface area contributed by atoms with Crippen LogP contribution in [0.1, 0.15) is 13.8 Å². The molecule has 0 saturated carbocycles. The van der Waals surface area contributed by atoms with E-state index < -0.39 is 11.9 Å². The first-order chi connectivity index (χ1) is 7.27. The molecule has 0 amide bonds. The van der Waals surface area contributed by atoms with Crippen LogP contribution in [0, 0.1) is 0 Å². The Kier molecular flexibility index (Phi) is 29.8. The smallest absolute Gasteiger partial charge is 0.157 e. The van der Waals surface area contributed by atoms with Gasteiger partial charge in [-0.3, -0.25) is 0 Å². The van der Waals surface area contributed by atoms with Crippen LogP contribution < -0.4 is 10.2 Å². The van der Waals surface area contributed by atoms with Gasteiger partial charge in [0.2, 0.25) is 0 Å². The molecule has 9 heteroatoms. The van der Waals surface area contributed by atoms with Gasteiger partial charge < -0.3 is 41.0 Å². The maximum atomic E-state index is 8.89. The minimum absolute atomic E-state index is 0. The average molecular weight is 330 g/mol. The monoisotopic (exact) mass is 328 g/mol. The zero-order valence-corrected chi connectivity index (χ0v) is 13.5. The molecule has 1 rings (SSSR count). The number of para-hydroxylation sites is 2. The van der Waals surface area contributed by atoms with E-state index in [1.54, 1.807) is 12.1 Å². The fourth-order valence-corrected chi connectivity index (χ4v) is 0.464. The molecule has 19 heavy (non-hydrogen) atoms. The molecule has 0 bridgehead atoms. The van der Waals surface area contributed by atoms with Gasteiger partial charge in [-0.25, -0.2) is 0 Å². The van der Waals surface area contributed by atoms with Crippen LogP contribution in [0.15, 0.2) is 24.3 Å². The third-order valence-corrected chi connectivity index (χ3v) is 0.882. The second-order valence-corrected chi connectivity index (χ2v) is 2.47. The van der Waals surface area contributed by atoms with Crippen molar-refractivity contribution in [2.75, 3.05) is 0 Å². The Hall–Kier alpha value is -1.70. The number of phenols is 2. The Morgan fingerprint density at radius 2 is 1.05 bits per heavy atom. The maximum Gasteiger partial charge on any atom is 0.157 e. The summed E-state index contributed by atoms with van der Waals surface area (Å²) in [6, 6.07) is 6.15. The molecule has 0 saturated heterocycles. The van der Waals surface area contributed by atoms with Gasteiger partial charge in [-0.05, 0) is 26.0 Å². The van der Waals surface area contributed by atoms with E-state index in [9.17, 15) is 0 Å². The van der Waals surface area contributed by atoms with Gasteiger partial charge in [0.25, 0.3) is 0 Å². The normalized spacial score (nSPS) is 6.42. The Morgan fingerprint density at radius 3 is 1.16 bits per heavy atom. The van der Waals surface area contributed by atoms with Crippen LogP contribution in [-0.4, -0.2) is 33.1 Å². The van der Waals surface area contributed by atoms with E-state index in [4.69, 9.17) is 30.0 Å². The van der Waals surface area contributed by atoms with Crippen molar-refractivity contribution in [3.8, 4) is 11.5 Å². The van der Waals surface area contributed by atoms with Crippen LogP contribution in [0.4, 0.5) is 0 Å². The first-order valence-electron chi connectivity index (χ1n) is 4.09. The van der Waals surface area contributed by atoms with Gasteiger partial charge in [0.05, 0.1) is 0 Å². The van der Waals surface area contributed by atoms with Crippen molar-refractivity contribution in [3.63, 3.8) is 0 Å². The van der Waals surface area contributed by atoms with E-state index in [1.807, 2.05) is 0 Å². The van der Waals surface area contributed by atoms with E-state index in [2.05, 4.69) is 0 Å². The number of carboxylic acid groups (broad SMARTS) is 2. The predicted octanol–water partition coefficient (Wildman–Crippen LogP) is -3.04. The summed E-state index contributed by atoms with van der Waals surface area (Å²) in [5.74, 6) is -2.32. The molecule has 0 heterocycles. The van der Waals surface area contributed by atoms with Gasteiger partial charge in [0, 0.05) is 31.4 Å². The van der Waals surface area contributed by atoms with Crippen molar-refractivity contribution in [1.29, 1.82) is 0 Å². The number of phenolic OH excluding ortho intramolecular Hbond substituents is 2. The first kappa shape index (κ1) is 30.4. The van der Waals surface area contributed by atoms with Crippen LogP contribution >= 0.6 is 0 Å². The van der Waals surface area contributed by atoms with Gasteiger partial charge in [0.1, 0.15) is 0 Å². The van der Waals surface area contributed by atoms with Crippen molar-refractivity contribution in [2.45, 2.75) is 13.8 Å². The molecule has 0 atom stereocenters. The molecule has 0 aromatic heterocycles. The largest absolute Gasteiger partial charge is 0.550 e. The molecule has 0 spiro atoms. The Morgan fingerprint density at radius 1 is 0.895 bits per heavy atom. The molecule has 0 fully saturated rings. The van der Waals surface area contributed by atoms with Crippen LogP contribution in [-0.2, 0) is 29.1 Å². The van der Waals surface area contributed by atoms with Crippen molar-refractivity contribution in [3.05, 3.63) is 24.3 Å². The number of carbonyl (C=O) groups is 2. The van der Waals surface area contributed by atoms with Crippen molar-refractivity contribution in [2.24, 2.45) is 0 Å². The van der Waals surface area contributed by atoms with E-state index in [0.717, 1.165) is 13.8 Å². The molecular formula is C10H16O8Zn-2. The minimum atomic E-state index is -1.08. The van der Waals surface area contributed by atoms with Crippen LogP contribution in [0.5, 0.6) is 11.5 Å². The molecule has 0 aliphatic heterocycles. The molecule has 0 aliphatic rings. The van der Waals surface area contributed by atoms with E-state index in [0.29, 0.717) is 0 Å². The number of carbonyl (C=O) groups excluding carboxylic acids is 2. The van der Waals surface area contributed by atoms with Gasteiger partial charge in [0.15, 0.2) is 11.5 Å². The summed E-state index contributed by atoms with van der Waals surface area (Å²) >= 11 is 0. The molecule has 0 aliphatic carbocycles.